The molecule has 1 aliphatic heterocycles. The van der Waals surface area contributed by atoms with Crippen LogP contribution < -0.4 is 4.90 Å². The molecule has 2 aromatic carbocycles. The van der Waals surface area contributed by atoms with Gasteiger partial charge in [0.1, 0.15) is 4.90 Å². The van der Waals surface area contributed by atoms with Gasteiger partial charge in [0.25, 0.3) is 5.69 Å². The Labute approximate surface area is 204 Å². The largest absolute Gasteiger partial charge is 0.369 e. The molecule has 3 rings (SSSR count). The Hall–Kier alpha value is -2.00. The lowest BCUT2D eigenvalue weighted by atomic mass is 9.96. The van der Waals surface area contributed by atoms with Gasteiger partial charge in [-0.25, -0.2) is 8.42 Å². The molecule has 32 heavy (non-hydrogen) atoms. The van der Waals surface area contributed by atoms with Gasteiger partial charge in [-0.2, -0.15) is 9.57 Å². The predicted molar refractivity (Wildman–Crippen MR) is 130 cm³/mol. The zero-order chi connectivity index (χ0) is 23.5. The molecule has 0 radical (unpaired) electrons. The van der Waals surface area contributed by atoms with Crippen LogP contribution in [0.25, 0.3) is 0 Å². The summed E-state index contributed by atoms with van der Waals surface area (Å²) in [5.41, 5.74) is 2.94. The number of benzene rings is 2. The Morgan fingerprint density at radius 1 is 1.25 bits per heavy atom. The second kappa shape index (κ2) is 10.3. The van der Waals surface area contributed by atoms with E-state index < -0.39 is 14.9 Å². The smallest absolute Gasteiger partial charge is 0.271 e. The highest BCUT2D eigenvalue weighted by molar-refractivity contribution is 9.09. The molecule has 0 fully saturated rings. The van der Waals surface area contributed by atoms with Gasteiger partial charge < -0.3 is 4.90 Å². The fourth-order valence-electron chi connectivity index (χ4n) is 4.01. The fraction of sp³-hybridized carbons (Fsp3) is 0.381. The lowest BCUT2D eigenvalue weighted by Gasteiger charge is -2.32. The third kappa shape index (κ3) is 4.83. The predicted octanol–water partition coefficient (Wildman–Crippen LogP) is 4.12. The topological polar surface area (TPSA) is 108 Å². The van der Waals surface area contributed by atoms with Gasteiger partial charge in [-0.05, 0) is 36.1 Å². The normalized spacial score (nSPS) is 13.9. The molecule has 2 aromatic rings. The summed E-state index contributed by atoms with van der Waals surface area (Å²) in [5.74, 6) is 0. The van der Waals surface area contributed by atoms with Crippen molar-refractivity contribution in [1.29, 1.82) is 5.26 Å². The molecule has 0 aromatic heterocycles. The van der Waals surface area contributed by atoms with Crippen LogP contribution in [0.15, 0.2) is 35.2 Å². The lowest BCUT2D eigenvalue weighted by Crippen LogP contribution is -2.38. The third-order valence-electron chi connectivity index (χ3n) is 5.46. The van der Waals surface area contributed by atoms with Crippen molar-refractivity contribution in [3.63, 3.8) is 0 Å². The number of anilines is 1. The summed E-state index contributed by atoms with van der Waals surface area (Å²) in [5, 5.41) is 22.1. The number of fused-ring (bicyclic) bond motifs is 1. The first kappa shape index (κ1) is 24.6. The highest BCUT2D eigenvalue weighted by Crippen LogP contribution is 2.37. The molecule has 0 saturated heterocycles. The number of aryl methyl sites for hydroxylation is 1. The summed E-state index contributed by atoms with van der Waals surface area (Å²) in [6.45, 7) is 3.10. The number of rotatable bonds is 8. The summed E-state index contributed by atoms with van der Waals surface area (Å²) in [6.07, 6.45) is 0.411. The summed E-state index contributed by atoms with van der Waals surface area (Å²) in [6, 6.07) is 10.0. The van der Waals surface area contributed by atoms with Crippen LogP contribution in [0.3, 0.4) is 0 Å². The minimum Gasteiger partial charge on any atom is -0.369 e. The number of alkyl halides is 2. The minimum absolute atomic E-state index is 0.0639. The van der Waals surface area contributed by atoms with E-state index in [0.29, 0.717) is 47.0 Å². The highest BCUT2D eigenvalue weighted by Gasteiger charge is 2.34. The van der Waals surface area contributed by atoms with Crippen LogP contribution in [0.4, 0.5) is 11.4 Å². The highest BCUT2D eigenvalue weighted by atomic mass is 79.9. The SMILES string of the molecule is Cc1cc([N+](=O)[O-])cc(S(=O)(=O)N2CCc3c(C#N)cccc3C2)c1N(CCBr)CCBr. The number of hydrogen-bond acceptors (Lipinski definition) is 6. The second-order valence-electron chi connectivity index (χ2n) is 7.38. The Morgan fingerprint density at radius 3 is 2.53 bits per heavy atom. The maximum absolute atomic E-state index is 13.8. The molecule has 1 heterocycles. The van der Waals surface area contributed by atoms with Crippen molar-refractivity contribution in [2.75, 3.05) is 35.2 Å². The van der Waals surface area contributed by atoms with E-state index in [1.54, 1.807) is 19.1 Å². The summed E-state index contributed by atoms with van der Waals surface area (Å²) in [7, 11) is -4.04. The molecular formula is C21H22Br2N4O4S. The average Bonchev–Trinajstić information content (AvgIpc) is 2.77. The molecule has 0 aliphatic carbocycles. The maximum Gasteiger partial charge on any atom is 0.271 e. The number of hydrogen-bond donors (Lipinski definition) is 0. The molecular weight excluding hydrogens is 564 g/mol. The first-order chi connectivity index (χ1) is 15.2. The Balaban J connectivity index is 2.14. The number of halogens is 2. The first-order valence-corrected chi connectivity index (χ1v) is 13.6. The molecule has 11 heteroatoms. The molecule has 0 amide bonds. The van der Waals surface area contributed by atoms with Crippen LogP contribution in [-0.2, 0) is 23.0 Å². The number of nitriles is 1. The van der Waals surface area contributed by atoms with Crippen molar-refractivity contribution in [2.24, 2.45) is 0 Å². The molecule has 8 nitrogen and oxygen atoms in total. The molecule has 0 atom stereocenters. The van der Waals surface area contributed by atoms with Crippen molar-refractivity contribution in [2.45, 2.75) is 24.8 Å². The molecule has 0 spiro atoms. The average molecular weight is 586 g/mol. The fourth-order valence-corrected chi connectivity index (χ4v) is 6.59. The molecule has 170 valence electrons. The van der Waals surface area contributed by atoms with Gasteiger partial charge in [0.05, 0.1) is 22.2 Å². The van der Waals surface area contributed by atoms with Crippen LogP contribution in [0.5, 0.6) is 0 Å². The molecule has 0 unspecified atom stereocenters. The van der Waals surface area contributed by atoms with Crippen LogP contribution in [0.1, 0.15) is 22.3 Å². The van der Waals surface area contributed by atoms with E-state index in [-0.39, 0.29) is 23.7 Å². The van der Waals surface area contributed by atoms with E-state index in [4.69, 9.17) is 0 Å². The minimum atomic E-state index is -4.04. The number of sulfonamides is 1. The number of nitro benzene ring substituents is 1. The van der Waals surface area contributed by atoms with Gasteiger partial charge in [0, 0.05) is 49.0 Å². The number of nitrogens with zero attached hydrogens (tertiary/aromatic N) is 4. The van der Waals surface area contributed by atoms with Crippen LogP contribution in [-0.4, -0.2) is 47.9 Å². The van der Waals surface area contributed by atoms with Crippen molar-refractivity contribution in [3.05, 3.63) is 62.7 Å². The van der Waals surface area contributed by atoms with E-state index in [0.717, 1.165) is 17.2 Å². The Bertz CT molecular complexity index is 1180. The number of non-ortho nitro benzene ring substituents is 1. The summed E-state index contributed by atoms with van der Waals surface area (Å²) in [4.78, 5) is 12.8. The lowest BCUT2D eigenvalue weighted by molar-refractivity contribution is -0.385. The summed E-state index contributed by atoms with van der Waals surface area (Å²) >= 11 is 6.82. The number of nitro groups is 1. The van der Waals surface area contributed by atoms with Gasteiger partial charge in [0.2, 0.25) is 10.0 Å². The second-order valence-corrected chi connectivity index (χ2v) is 10.9. The van der Waals surface area contributed by atoms with Crippen molar-refractivity contribution < 1.29 is 13.3 Å². The first-order valence-electron chi connectivity index (χ1n) is 9.91. The monoisotopic (exact) mass is 584 g/mol. The quantitative estimate of drug-likeness (QED) is 0.262. The maximum atomic E-state index is 13.8. The summed E-state index contributed by atoms with van der Waals surface area (Å²) < 4.78 is 28.9. The van der Waals surface area contributed by atoms with Gasteiger partial charge in [-0.1, -0.05) is 44.0 Å². The van der Waals surface area contributed by atoms with Gasteiger partial charge in [-0.15, -0.1) is 0 Å². The van der Waals surface area contributed by atoms with Crippen LogP contribution in [0.2, 0.25) is 0 Å². The molecule has 1 aliphatic rings. The standard InChI is InChI=1S/C21H22Br2N4O4S/c1-15-11-18(27(28)29)12-20(21(15)25(9-6-22)10-7-23)32(30,31)26-8-5-19-16(13-24)3-2-4-17(19)14-26/h2-4,11-12H,5-10,14H2,1H3. The zero-order valence-corrected chi connectivity index (χ0v) is 21.4. The van der Waals surface area contributed by atoms with E-state index in [1.807, 2.05) is 11.0 Å². The van der Waals surface area contributed by atoms with Crippen molar-refractivity contribution >= 4 is 53.3 Å². The Morgan fingerprint density at radius 2 is 1.94 bits per heavy atom. The van der Waals surface area contributed by atoms with E-state index >= 15 is 0 Å². The van der Waals surface area contributed by atoms with Gasteiger partial charge >= 0.3 is 0 Å². The molecule has 0 saturated carbocycles. The van der Waals surface area contributed by atoms with Crippen LogP contribution in [0, 0.1) is 28.4 Å². The molecule has 0 N–H and O–H groups in total. The van der Waals surface area contributed by atoms with E-state index in [2.05, 4.69) is 37.9 Å². The molecule has 0 bridgehead atoms. The Kier molecular flexibility index (Phi) is 7.92. The van der Waals surface area contributed by atoms with E-state index in [1.165, 1.54) is 10.4 Å². The van der Waals surface area contributed by atoms with Gasteiger partial charge in [0.15, 0.2) is 0 Å². The third-order valence-corrected chi connectivity index (χ3v) is 8.02. The van der Waals surface area contributed by atoms with E-state index in [9.17, 15) is 23.8 Å². The zero-order valence-electron chi connectivity index (χ0n) is 17.4. The van der Waals surface area contributed by atoms with Crippen molar-refractivity contribution in [3.8, 4) is 6.07 Å². The van der Waals surface area contributed by atoms with Gasteiger partial charge in [-0.3, -0.25) is 10.1 Å². The van der Waals surface area contributed by atoms with Crippen molar-refractivity contribution in [1.82, 2.24) is 4.31 Å². The van der Waals surface area contributed by atoms with Crippen LogP contribution >= 0.6 is 31.9 Å².